The Morgan fingerprint density at radius 2 is 1.65 bits per heavy atom. The molecule has 1 amide bonds. The van der Waals surface area contributed by atoms with Crippen molar-refractivity contribution in [3.05, 3.63) is 82.9 Å². The Morgan fingerprint density at radius 3 is 2.23 bits per heavy atom. The third kappa shape index (κ3) is 6.03. The summed E-state index contributed by atoms with van der Waals surface area (Å²) in [5.41, 5.74) is -0.168. The average molecular weight is 486 g/mol. The highest BCUT2D eigenvalue weighted by Crippen LogP contribution is 2.34. The number of rotatable bonds is 5. The number of nitrogens with one attached hydrogen (secondary N) is 1. The van der Waals surface area contributed by atoms with Crippen molar-refractivity contribution in [2.75, 3.05) is 11.6 Å². The van der Waals surface area contributed by atoms with Crippen molar-refractivity contribution in [1.82, 2.24) is 0 Å². The minimum Gasteiger partial charge on any atom is -0.322 e. The summed E-state index contributed by atoms with van der Waals surface area (Å²) in [5.74, 6) is -0.525. The van der Waals surface area contributed by atoms with E-state index in [1.807, 2.05) is 0 Å². The van der Waals surface area contributed by atoms with E-state index in [0.29, 0.717) is 15.5 Å². The Bertz CT molecular complexity index is 1230. The van der Waals surface area contributed by atoms with Gasteiger partial charge in [0.1, 0.15) is 0 Å². The van der Waals surface area contributed by atoms with E-state index < -0.39 is 27.5 Å². The molecule has 31 heavy (non-hydrogen) atoms. The molecule has 0 radical (unpaired) electrons. The van der Waals surface area contributed by atoms with Gasteiger partial charge in [0.2, 0.25) is 0 Å². The van der Waals surface area contributed by atoms with Crippen LogP contribution in [0.15, 0.2) is 81.4 Å². The molecule has 0 heterocycles. The molecule has 162 valence electrons. The zero-order valence-corrected chi connectivity index (χ0v) is 18.3. The van der Waals surface area contributed by atoms with Gasteiger partial charge in [-0.25, -0.2) is 8.42 Å². The lowest BCUT2D eigenvalue weighted by Gasteiger charge is -2.10. The van der Waals surface area contributed by atoms with Crippen LogP contribution in [-0.2, 0) is 16.0 Å². The first-order valence-corrected chi connectivity index (χ1v) is 11.8. The fraction of sp³-hybridized carbons (Fsp3) is 0.0952. The minimum absolute atomic E-state index is 0.00264. The largest absolute Gasteiger partial charge is 0.416 e. The van der Waals surface area contributed by atoms with Gasteiger partial charge in [-0.2, -0.15) is 13.2 Å². The average Bonchev–Trinajstić information content (AvgIpc) is 2.68. The van der Waals surface area contributed by atoms with Gasteiger partial charge in [0.15, 0.2) is 9.84 Å². The summed E-state index contributed by atoms with van der Waals surface area (Å²) in [6.45, 7) is 0. The molecule has 3 rings (SSSR count). The first-order chi connectivity index (χ1) is 14.4. The Hall–Kier alpha value is -2.49. The molecule has 0 aliphatic rings. The first-order valence-electron chi connectivity index (χ1n) is 8.69. The molecule has 0 saturated heterocycles. The quantitative estimate of drug-likeness (QED) is 0.469. The number of alkyl halides is 3. The van der Waals surface area contributed by atoms with Gasteiger partial charge in [-0.1, -0.05) is 29.4 Å². The molecule has 0 bridgehead atoms. The second-order valence-electron chi connectivity index (χ2n) is 6.52. The molecule has 0 aliphatic heterocycles. The summed E-state index contributed by atoms with van der Waals surface area (Å²) in [4.78, 5) is 13.6. The van der Waals surface area contributed by atoms with Crippen LogP contribution in [0.1, 0.15) is 15.9 Å². The van der Waals surface area contributed by atoms with Crippen LogP contribution in [0.2, 0.25) is 5.02 Å². The molecular weight excluding hydrogens is 471 g/mol. The normalized spacial score (nSPS) is 11.9. The smallest absolute Gasteiger partial charge is 0.322 e. The third-order valence-corrected chi connectivity index (χ3v) is 6.54. The number of hydrogen-bond acceptors (Lipinski definition) is 4. The van der Waals surface area contributed by atoms with E-state index in [1.54, 1.807) is 30.3 Å². The van der Waals surface area contributed by atoms with E-state index in [0.717, 1.165) is 30.2 Å². The van der Waals surface area contributed by atoms with Gasteiger partial charge in [0.05, 0.1) is 21.0 Å². The molecule has 0 spiro atoms. The van der Waals surface area contributed by atoms with Crippen LogP contribution in [0, 0.1) is 0 Å². The van der Waals surface area contributed by atoms with Gasteiger partial charge in [0.25, 0.3) is 5.91 Å². The van der Waals surface area contributed by atoms with Crippen LogP contribution in [0.4, 0.5) is 18.9 Å². The Morgan fingerprint density at radius 1 is 0.968 bits per heavy atom. The molecule has 0 saturated carbocycles. The number of anilines is 1. The van der Waals surface area contributed by atoms with E-state index in [1.165, 1.54) is 24.3 Å². The summed E-state index contributed by atoms with van der Waals surface area (Å²) in [6, 6.07) is 15.4. The van der Waals surface area contributed by atoms with Crippen molar-refractivity contribution >= 4 is 44.8 Å². The van der Waals surface area contributed by atoms with Crippen LogP contribution in [0.3, 0.4) is 0 Å². The molecule has 0 aromatic heterocycles. The second-order valence-corrected chi connectivity index (χ2v) is 10.1. The summed E-state index contributed by atoms with van der Waals surface area (Å²) >= 11 is 7.21. The summed E-state index contributed by atoms with van der Waals surface area (Å²) < 4.78 is 61.7. The summed E-state index contributed by atoms with van der Waals surface area (Å²) in [5, 5.41) is 2.64. The van der Waals surface area contributed by atoms with Crippen LogP contribution in [0.25, 0.3) is 0 Å². The van der Waals surface area contributed by atoms with E-state index in [2.05, 4.69) is 5.32 Å². The van der Waals surface area contributed by atoms with E-state index >= 15 is 0 Å². The molecule has 0 aliphatic carbocycles. The Labute approximate surface area is 186 Å². The Kier molecular flexibility index (Phi) is 6.68. The fourth-order valence-electron chi connectivity index (χ4n) is 2.59. The van der Waals surface area contributed by atoms with Crippen LogP contribution in [-0.4, -0.2) is 20.6 Å². The molecule has 0 atom stereocenters. The number of hydrogen-bond donors (Lipinski definition) is 1. The number of carbonyl (C=O) groups is 1. The topological polar surface area (TPSA) is 63.2 Å². The summed E-state index contributed by atoms with van der Waals surface area (Å²) in [6.07, 6.45) is -3.37. The maximum atomic E-state index is 12.8. The minimum atomic E-state index is -4.41. The number of halogens is 4. The number of benzene rings is 3. The molecule has 4 nitrogen and oxygen atoms in total. The molecule has 0 unspecified atom stereocenters. The van der Waals surface area contributed by atoms with Gasteiger partial charge in [-0.15, -0.1) is 0 Å². The number of sulfone groups is 1. The van der Waals surface area contributed by atoms with Gasteiger partial charge < -0.3 is 5.32 Å². The third-order valence-electron chi connectivity index (χ3n) is 4.12. The van der Waals surface area contributed by atoms with Crippen molar-refractivity contribution in [2.24, 2.45) is 0 Å². The van der Waals surface area contributed by atoms with E-state index in [9.17, 15) is 26.4 Å². The lowest BCUT2D eigenvalue weighted by atomic mass is 10.2. The highest BCUT2D eigenvalue weighted by atomic mass is 35.5. The molecule has 3 aromatic rings. The van der Waals surface area contributed by atoms with Crippen LogP contribution in [0.5, 0.6) is 0 Å². The number of amides is 1. The monoisotopic (exact) mass is 485 g/mol. The number of carbonyl (C=O) groups excluding carboxylic acids is 1. The fourth-order valence-corrected chi connectivity index (χ4v) is 4.44. The van der Waals surface area contributed by atoms with Crippen molar-refractivity contribution in [3.8, 4) is 0 Å². The zero-order chi connectivity index (χ0) is 22.8. The standard InChI is InChI=1S/C21H15ClF3NO3S2/c1-31(28,29)17-9-10-18(19(22)12-17)20(27)26-14-5-7-15(8-6-14)30-16-4-2-3-13(11-16)21(23,24)25/h2-12H,1H3,(H,26,27). The van der Waals surface area contributed by atoms with Gasteiger partial charge in [-0.3, -0.25) is 4.79 Å². The van der Waals surface area contributed by atoms with Crippen molar-refractivity contribution in [2.45, 2.75) is 20.9 Å². The predicted octanol–water partition coefficient (Wildman–Crippen LogP) is 6.17. The molecule has 10 heteroatoms. The van der Waals surface area contributed by atoms with Crippen molar-refractivity contribution in [3.63, 3.8) is 0 Å². The molecular formula is C21H15ClF3NO3S2. The highest BCUT2D eigenvalue weighted by molar-refractivity contribution is 7.99. The van der Waals surface area contributed by atoms with Crippen molar-refractivity contribution in [1.29, 1.82) is 0 Å². The zero-order valence-electron chi connectivity index (χ0n) is 15.9. The lowest BCUT2D eigenvalue weighted by molar-refractivity contribution is -0.137. The molecule has 1 N–H and O–H groups in total. The van der Waals surface area contributed by atoms with Gasteiger partial charge >= 0.3 is 6.18 Å². The van der Waals surface area contributed by atoms with Gasteiger partial charge in [-0.05, 0) is 60.7 Å². The highest BCUT2D eigenvalue weighted by Gasteiger charge is 2.30. The summed E-state index contributed by atoms with van der Waals surface area (Å²) in [7, 11) is -3.45. The first kappa shape index (κ1) is 23.2. The second kappa shape index (κ2) is 8.94. The van der Waals surface area contributed by atoms with E-state index in [4.69, 9.17) is 11.6 Å². The lowest BCUT2D eigenvalue weighted by Crippen LogP contribution is -2.13. The Balaban J connectivity index is 1.70. The van der Waals surface area contributed by atoms with Crippen LogP contribution >= 0.6 is 23.4 Å². The maximum absolute atomic E-state index is 12.8. The molecule has 3 aromatic carbocycles. The predicted molar refractivity (Wildman–Crippen MR) is 115 cm³/mol. The van der Waals surface area contributed by atoms with Gasteiger partial charge in [0, 0.05) is 21.7 Å². The maximum Gasteiger partial charge on any atom is 0.416 e. The van der Waals surface area contributed by atoms with Crippen LogP contribution < -0.4 is 5.32 Å². The van der Waals surface area contributed by atoms with Crippen molar-refractivity contribution < 1.29 is 26.4 Å². The SMILES string of the molecule is CS(=O)(=O)c1ccc(C(=O)Nc2ccc(Sc3cccc(C(F)(F)F)c3)cc2)c(Cl)c1. The molecule has 0 fully saturated rings. The van der Waals surface area contributed by atoms with E-state index in [-0.39, 0.29) is 15.5 Å².